The van der Waals surface area contributed by atoms with Crippen molar-refractivity contribution in [2.45, 2.75) is 12.3 Å². The van der Waals surface area contributed by atoms with Crippen molar-refractivity contribution in [1.82, 2.24) is 0 Å². The van der Waals surface area contributed by atoms with Crippen LogP contribution in [-0.2, 0) is 9.53 Å². The molecule has 0 aliphatic carbocycles. The van der Waals surface area contributed by atoms with Crippen LogP contribution in [-0.4, -0.2) is 19.0 Å². The second-order valence-corrected chi connectivity index (χ2v) is 3.83. The van der Waals surface area contributed by atoms with Crippen molar-refractivity contribution in [2.75, 3.05) is 13.2 Å². The maximum absolute atomic E-state index is 11.6. The molecule has 0 aromatic heterocycles. The molecule has 0 saturated carbocycles. The molecule has 2 rings (SSSR count). The van der Waals surface area contributed by atoms with Gasteiger partial charge >= 0.3 is 0 Å². The van der Waals surface area contributed by atoms with Crippen molar-refractivity contribution in [2.24, 2.45) is 0 Å². The minimum atomic E-state index is -0.0963. The third-order valence-corrected chi connectivity index (χ3v) is 2.69. The first kappa shape index (κ1) is 9.69. The van der Waals surface area contributed by atoms with Crippen LogP contribution >= 0.6 is 11.6 Å². The Morgan fingerprint density at radius 3 is 2.64 bits per heavy atom. The van der Waals surface area contributed by atoms with Gasteiger partial charge in [0.05, 0.1) is 19.1 Å². The summed E-state index contributed by atoms with van der Waals surface area (Å²) in [5.74, 6) is 0.166. The minimum Gasteiger partial charge on any atom is -0.380 e. The van der Waals surface area contributed by atoms with Gasteiger partial charge in [0.15, 0.2) is 0 Å². The first-order valence-electron chi connectivity index (χ1n) is 4.63. The fourth-order valence-electron chi connectivity index (χ4n) is 1.62. The van der Waals surface area contributed by atoms with E-state index in [1.807, 2.05) is 12.1 Å². The number of carbonyl (C=O) groups is 1. The SMILES string of the molecule is O=C1CCOCC1c1ccc(Cl)cc1. The van der Waals surface area contributed by atoms with Gasteiger partial charge in [0.2, 0.25) is 0 Å². The highest BCUT2D eigenvalue weighted by Crippen LogP contribution is 2.23. The fraction of sp³-hybridized carbons (Fsp3) is 0.364. The molecule has 1 atom stereocenters. The summed E-state index contributed by atoms with van der Waals surface area (Å²) in [5, 5.41) is 0.693. The molecule has 74 valence electrons. The highest BCUT2D eigenvalue weighted by atomic mass is 35.5. The van der Waals surface area contributed by atoms with Crippen molar-refractivity contribution >= 4 is 17.4 Å². The second-order valence-electron chi connectivity index (χ2n) is 3.40. The van der Waals surface area contributed by atoms with Gasteiger partial charge in [0.25, 0.3) is 0 Å². The number of carbonyl (C=O) groups excluding carboxylic acids is 1. The molecular formula is C11H11ClO2. The van der Waals surface area contributed by atoms with Crippen LogP contribution in [0.3, 0.4) is 0 Å². The van der Waals surface area contributed by atoms with E-state index in [0.29, 0.717) is 24.7 Å². The smallest absolute Gasteiger partial charge is 0.144 e. The maximum Gasteiger partial charge on any atom is 0.144 e. The zero-order valence-electron chi connectivity index (χ0n) is 7.70. The van der Waals surface area contributed by atoms with Crippen molar-refractivity contribution in [3.05, 3.63) is 34.9 Å². The molecule has 0 bridgehead atoms. The van der Waals surface area contributed by atoms with Gasteiger partial charge in [0, 0.05) is 11.4 Å². The molecule has 0 radical (unpaired) electrons. The lowest BCUT2D eigenvalue weighted by atomic mass is 9.92. The molecule has 14 heavy (non-hydrogen) atoms. The molecule has 2 nitrogen and oxygen atoms in total. The second kappa shape index (κ2) is 4.11. The van der Waals surface area contributed by atoms with Gasteiger partial charge in [-0.1, -0.05) is 23.7 Å². The lowest BCUT2D eigenvalue weighted by molar-refractivity contribution is -0.126. The predicted octanol–water partition coefficient (Wildman–Crippen LogP) is 2.41. The minimum absolute atomic E-state index is 0.0963. The third kappa shape index (κ3) is 1.97. The molecule has 1 aromatic rings. The summed E-state index contributed by atoms with van der Waals surface area (Å²) in [6.07, 6.45) is 0.521. The van der Waals surface area contributed by atoms with Gasteiger partial charge in [-0.05, 0) is 17.7 Å². The lowest BCUT2D eigenvalue weighted by Crippen LogP contribution is -2.25. The topological polar surface area (TPSA) is 26.3 Å². The third-order valence-electron chi connectivity index (χ3n) is 2.44. The van der Waals surface area contributed by atoms with E-state index in [2.05, 4.69) is 0 Å². The summed E-state index contributed by atoms with van der Waals surface area (Å²) >= 11 is 5.77. The van der Waals surface area contributed by atoms with Gasteiger partial charge in [-0.15, -0.1) is 0 Å². The molecule has 0 N–H and O–H groups in total. The lowest BCUT2D eigenvalue weighted by Gasteiger charge is -2.21. The molecule has 1 fully saturated rings. The average molecular weight is 211 g/mol. The van der Waals surface area contributed by atoms with Crippen LogP contribution in [0.1, 0.15) is 17.9 Å². The highest BCUT2D eigenvalue weighted by Gasteiger charge is 2.24. The largest absolute Gasteiger partial charge is 0.380 e. The summed E-state index contributed by atoms with van der Waals surface area (Å²) in [5.41, 5.74) is 0.999. The van der Waals surface area contributed by atoms with E-state index >= 15 is 0 Å². The number of ether oxygens (including phenoxy) is 1. The summed E-state index contributed by atoms with van der Waals surface area (Å²) in [4.78, 5) is 11.6. The van der Waals surface area contributed by atoms with Gasteiger partial charge in [0.1, 0.15) is 5.78 Å². The Labute approximate surface area is 87.8 Å². The van der Waals surface area contributed by atoms with Crippen LogP contribution in [0.5, 0.6) is 0 Å². The normalized spacial score (nSPS) is 22.4. The predicted molar refractivity (Wildman–Crippen MR) is 54.6 cm³/mol. The van der Waals surface area contributed by atoms with Gasteiger partial charge < -0.3 is 4.74 Å². The Balaban J connectivity index is 2.20. The fourth-order valence-corrected chi connectivity index (χ4v) is 1.74. The maximum atomic E-state index is 11.6. The number of hydrogen-bond acceptors (Lipinski definition) is 2. The molecule has 1 heterocycles. The van der Waals surface area contributed by atoms with Crippen LogP contribution in [0, 0.1) is 0 Å². The number of ketones is 1. The first-order valence-corrected chi connectivity index (χ1v) is 5.01. The Bertz CT molecular complexity index is 332. The monoisotopic (exact) mass is 210 g/mol. The van der Waals surface area contributed by atoms with E-state index < -0.39 is 0 Å². The Kier molecular flexibility index (Phi) is 2.85. The Hall–Kier alpha value is -0.860. The van der Waals surface area contributed by atoms with Gasteiger partial charge in [-0.2, -0.15) is 0 Å². The Morgan fingerprint density at radius 1 is 1.29 bits per heavy atom. The molecule has 1 aromatic carbocycles. The van der Waals surface area contributed by atoms with Gasteiger partial charge in [-0.3, -0.25) is 4.79 Å². The molecule has 1 aliphatic rings. The molecule has 0 amide bonds. The van der Waals surface area contributed by atoms with Gasteiger partial charge in [-0.25, -0.2) is 0 Å². The van der Waals surface area contributed by atoms with E-state index in [4.69, 9.17) is 16.3 Å². The number of hydrogen-bond donors (Lipinski definition) is 0. The van der Waals surface area contributed by atoms with Crippen LogP contribution in [0.25, 0.3) is 0 Å². The summed E-state index contributed by atoms with van der Waals surface area (Å²) in [7, 11) is 0. The van der Waals surface area contributed by atoms with Crippen molar-refractivity contribution < 1.29 is 9.53 Å². The van der Waals surface area contributed by atoms with E-state index in [9.17, 15) is 4.79 Å². The first-order chi connectivity index (χ1) is 6.77. The zero-order valence-corrected chi connectivity index (χ0v) is 8.46. The van der Waals surface area contributed by atoms with E-state index in [1.54, 1.807) is 12.1 Å². The van der Waals surface area contributed by atoms with Crippen molar-refractivity contribution in [3.8, 4) is 0 Å². The van der Waals surface area contributed by atoms with E-state index in [0.717, 1.165) is 5.56 Å². The number of halogens is 1. The number of benzene rings is 1. The van der Waals surface area contributed by atoms with Crippen LogP contribution < -0.4 is 0 Å². The Morgan fingerprint density at radius 2 is 2.00 bits per heavy atom. The number of rotatable bonds is 1. The van der Waals surface area contributed by atoms with Crippen LogP contribution in [0.4, 0.5) is 0 Å². The highest BCUT2D eigenvalue weighted by molar-refractivity contribution is 6.30. The molecular weight excluding hydrogens is 200 g/mol. The molecule has 1 saturated heterocycles. The molecule has 1 aliphatic heterocycles. The van der Waals surface area contributed by atoms with Crippen LogP contribution in [0.2, 0.25) is 5.02 Å². The number of Topliss-reactive ketones (excluding diaryl/α,β-unsaturated/α-hetero) is 1. The molecule has 3 heteroatoms. The summed E-state index contributed by atoms with van der Waals surface area (Å²) in [6.45, 7) is 1.06. The van der Waals surface area contributed by atoms with E-state index in [-0.39, 0.29) is 11.7 Å². The standard InChI is InChI=1S/C11H11ClO2/c12-9-3-1-8(2-4-9)10-7-14-6-5-11(10)13/h1-4,10H,5-7H2. The van der Waals surface area contributed by atoms with E-state index in [1.165, 1.54) is 0 Å². The van der Waals surface area contributed by atoms with Crippen molar-refractivity contribution in [1.29, 1.82) is 0 Å². The van der Waals surface area contributed by atoms with Crippen molar-refractivity contribution in [3.63, 3.8) is 0 Å². The van der Waals surface area contributed by atoms with Crippen LogP contribution in [0.15, 0.2) is 24.3 Å². The molecule has 0 spiro atoms. The summed E-state index contributed by atoms with van der Waals surface area (Å²) < 4.78 is 5.28. The average Bonchev–Trinajstić information content (AvgIpc) is 2.20. The summed E-state index contributed by atoms with van der Waals surface area (Å²) in [6, 6.07) is 7.39. The quantitative estimate of drug-likeness (QED) is 0.712. The molecule has 1 unspecified atom stereocenters. The zero-order chi connectivity index (χ0) is 9.97.